The van der Waals surface area contributed by atoms with E-state index in [-0.39, 0.29) is 11.5 Å². The Balaban J connectivity index is 1.21. The first kappa shape index (κ1) is 29.5. The van der Waals surface area contributed by atoms with Crippen LogP contribution in [-0.2, 0) is 11.1 Å². The Kier molecular flexibility index (Phi) is 5.50. The van der Waals surface area contributed by atoms with E-state index in [0.29, 0.717) is 5.92 Å². The summed E-state index contributed by atoms with van der Waals surface area (Å²) in [6, 6.07) is 49.8. The average Bonchev–Trinajstić information content (AvgIpc) is 3.82. The zero-order valence-corrected chi connectivity index (χ0v) is 30.4. The molecular formula is C50H39N3. The largest absolute Gasteiger partial charge is 0.325 e. The molecular weight excluding hydrogens is 643 g/mol. The number of fused-ring (bicyclic) bond motifs is 11. The molecule has 3 aliphatic rings. The summed E-state index contributed by atoms with van der Waals surface area (Å²) in [6.07, 6.45) is 7.69. The maximum atomic E-state index is 2.73. The first-order chi connectivity index (χ1) is 25.9. The van der Waals surface area contributed by atoms with Crippen molar-refractivity contribution in [1.29, 1.82) is 0 Å². The molecule has 6 aromatic carbocycles. The van der Waals surface area contributed by atoms with Crippen LogP contribution in [0.1, 0.15) is 33.3 Å². The maximum Gasteiger partial charge on any atom is 0.0854 e. The molecule has 0 saturated carbocycles. The van der Waals surface area contributed by atoms with Gasteiger partial charge in [0, 0.05) is 43.9 Å². The predicted molar refractivity (Wildman–Crippen MR) is 223 cm³/mol. The summed E-state index contributed by atoms with van der Waals surface area (Å²) in [7, 11) is 0. The highest BCUT2D eigenvalue weighted by atomic mass is 15.2. The summed E-state index contributed by atoms with van der Waals surface area (Å²) in [5, 5.41) is 7.87. The molecule has 1 aliphatic heterocycles. The first-order valence-electron chi connectivity index (χ1n) is 19.1. The molecule has 3 aromatic heterocycles. The number of nitrogens with zero attached hydrogens (tertiary/aromatic N) is 3. The van der Waals surface area contributed by atoms with E-state index in [1.807, 2.05) is 0 Å². The van der Waals surface area contributed by atoms with Gasteiger partial charge in [-0.15, -0.1) is 0 Å². The molecule has 4 atom stereocenters. The lowest BCUT2D eigenvalue weighted by Gasteiger charge is -2.50. The zero-order chi connectivity index (χ0) is 35.4. The van der Waals surface area contributed by atoms with Gasteiger partial charge in [-0.1, -0.05) is 129 Å². The molecule has 0 saturated heterocycles. The molecule has 4 heterocycles. The third-order valence-electron chi connectivity index (χ3n) is 13.3. The van der Waals surface area contributed by atoms with Crippen molar-refractivity contribution in [2.75, 3.05) is 0 Å². The van der Waals surface area contributed by atoms with E-state index in [2.05, 4.69) is 193 Å². The standard InChI is InChI=1S/C50H39N3/c1-30-26-27-49(3)48-45(30)31(2)40(32-22-25-42-39(28-32)36-18-8-11-19-41(36)51(42)33-14-6-5-7-15-33)29-50(48,4)53-44-21-13-10-17-35(44)38-24-23-37-34-16-9-12-20-43(34)52(49)46(37)47(38)53/h5-31H,1-4H3. The van der Waals surface area contributed by atoms with Gasteiger partial charge in [0.1, 0.15) is 0 Å². The molecule has 254 valence electrons. The van der Waals surface area contributed by atoms with Crippen LogP contribution in [-0.4, -0.2) is 13.7 Å². The van der Waals surface area contributed by atoms with E-state index in [4.69, 9.17) is 0 Å². The Hall–Kier alpha value is -6.06. The van der Waals surface area contributed by atoms with Crippen molar-refractivity contribution in [3.05, 3.63) is 168 Å². The molecule has 0 bridgehead atoms. The summed E-state index contributed by atoms with van der Waals surface area (Å²) in [5.41, 5.74) is 13.9. The fourth-order valence-corrected chi connectivity index (χ4v) is 11.3. The monoisotopic (exact) mass is 681 g/mol. The molecule has 3 nitrogen and oxygen atoms in total. The van der Waals surface area contributed by atoms with Crippen molar-refractivity contribution in [1.82, 2.24) is 13.7 Å². The molecule has 12 rings (SSSR count). The van der Waals surface area contributed by atoms with Gasteiger partial charge in [-0.2, -0.15) is 0 Å². The Labute approximate surface area is 308 Å². The van der Waals surface area contributed by atoms with Crippen LogP contribution in [0, 0.1) is 11.8 Å². The van der Waals surface area contributed by atoms with Crippen molar-refractivity contribution in [3.63, 3.8) is 0 Å². The van der Waals surface area contributed by atoms with Gasteiger partial charge in [0.25, 0.3) is 0 Å². The number of hydrogen-bond acceptors (Lipinski definition) is 0. The van der Waals surface area contributed by atoms with Crippen LogP contribution < -0.4 is 0 Å². The summed E-state index contributed by atoms with van der Waals surface area (Å²) in [4.78, 5) is 0. The molecule has 9 aromatic rings. The van der Waals surface area contributed by atoms with Crippen LogP contribution >= 0.6 is 0 Å². The highest BCUT2D eigenvalue weighted by Crippen LogP contribution is 2.60. The van der Waals surface area contributed by atoms with E-state index < -0.39 is 5.54 Å². The number of para-hydroxylation sites is 4. The number of hydrogen-bond donors (Lipinski definition) is 0. The molecule has 2 aliphatic carbocycles. The minimum Gasteiger partial charge on any atom is -0.325 e. The lowest BCUT2D eigenvalue weighted by Crippen LogP contribution is -2.47. The van der Waals surface area contributed by atoms with Gasteiger partial charge in [-0.3, -0.25) is 0 Å². The number of benzene rings is 6. The molecule has 0 N–H and O–H groups in total. The van der Waals surface area contributed by atoms with Crippen molar-refractivity contribution < 1.29 is 0 Å². The maximum absolute atomic E-state index is 2.73. The minimum absolute atomic E-state index is 0.230. The SMILES string of the molecule is CC1C=CC2(C)C3=C1C(C)C(c1ccc4c(c1)c1ccccc1n4-c1ccccc1)=CC3(C)n1c3ccccc3c3ccc4c5ccccc5n2c4c31. The average molecular weight is 682 g/mol. The quantitative estimate of drug-likeness (QED) is 0.161. The van der Waals surface area contributed by atoms with Gasteiger partial charge in [0.05, 0.1) is 44.2 Å². The van der Waals surface area contributed by atoms with Crippen molar-refractivity contribution in [2.24, 2.45) is 11.8 Å². The lowest BCUT2D eigenvalue weighted by atomic mass is 9.61. The Morgan fingerprint density at radius 1 is 0.509 bits per heavy atom. The summed E-state index contributed by atoms with van der Waals surface area (Å²) in [5.74, 6) is 0.531. The summed E-state index contributed by atoms with van der Waals surface area (Å²) in [6.45, 7) is 9.88. The van der Waals surface area contributed by atoms with E-state index in [0.717, 1.165) is 0 Å². The first-order valence-corrected chi connectivity index (χ1v) is 19.1. The summed E-state index contributed by atoms with van der Waals surface area (Å²) < 4.78 is 7.85. The minimum atomic E-state index is -0.437. The van der Waals surface area contributed by atoms with Gasteiger partial charge < -0.3 is 13.7 Å². The highest BCUT2D eigenvalue weighted by molar-refractivity contribution is 6.23. The van der Waals surface area contributed by atoms with E-state index in [1.165, 1.54) is 87.8 Å². The van der Waals surface area contributed by atoms with Gasteiger partial charge in [-0.05, 0) is 78.9 Å². The second kappa shape index (κ2) is 9.87. The summed E-state index contributed by atoms with van der Waals surface area (Å²) >= 11 is 0. The normalized spacial score (nSPS) is 23.6. The molecule has 0 radical (unpaired) electrons. The third-order valence-corrected chi connectivity index (χ3v) is 13.3. The van der Waals surface area contributed by atoms with Gasteiger partial charge >= 0.3 is 0 Å². The number of aromatic nitrogens is 3. The highest BCUT2D eigenvalue weighted by Gasteiger charge is 2.52. The third kappa shape index (κ3) is 3.47. The lowest BCUT2D eigenvalue weighted by molar-refractivity contribution is 0.366. The van der Waals surface area contributed by atoms with Gasteiger partial charge in [0.2, 0.25) is 0 Å². The predicted octanol–water partition coefficient (Wildman–Crippen LogP) is 12.7. The molecule has 4 unspecified atom stereocenters. The van der Waals surface area contributed by atoms with Crippen LogP contribution in [0.2, 0.25) is 0 Å². The topological polar surface area (TPSA) is 14.8 Å². The van der Waals surface area contributed by atoms with Crippen LogP contribution in [0.5, 0.6) is 0 Å². The van der Waals surface area contributed by atoms with Crippen molar-refractivity contribution in [2.45, 2.75) is 38.8 Å². The van der Waals surface area contributed by atoms with Crippen LogP contribution in [0.4, 0.5) is 0 Å². The van der Waals surface area contributed by atoms with Crippen LogP contribution in [0.3, 0.4) is 0 Å². The Morgan fingerprint density at radius 2 is 1.06 bits per heavy atom. The zero-order valence-electron chi connectivity index (χ0n) is 30.4. The van der Waals surface area contributed by atoms with Crippen molar-refractivity contribution in [3.8, 4) is 5.69 Å². The molecule has 0 amide bonds. The molecule has 53 heavy (non-hydrogen) atoms. The molecule has 0 spiro atoms. The molecule has 3 heteroatoms. The number of rotatable bonds is 2. The van der Waals surface area contributed by atoms with E-state index >= 15 is 0 Å². The number of allylic oxidation sites excluding steroid dienone is 6. The second-order valence-electron chi connectivity index (χ2n) is 16.1. The van der Waals surface area contributed by atoms with E-state index in [9.17, 15) is 0 Å². The Bertz CT molecular complexity index is 3180. The van der Waals surface area contributed by atoms with Crippen LogP contribution in [0.25, 0.3) is 76.7 Å². The smallest absolute Gasteiger partial charge is 0.0854 e. The Morgan fingerprint density at radius 3 is 1.72 bits per heavy atom. The molecule has 0 fully saturated rings. The fourth-order valence-electron chi connectivity index (χ4n) is 11.3. The van der Waals surface area contributed by atoms with Crippen LogP contribution in [0.15, 0.2) is 163 Å². The van der Waals surface area contributed by atoms with Gasteiger partial charge in [0.15, 0.2) is 0 Å². The second-order valence-corrected chi connectivity index (χ2v) is 16.1. The van der Waals surface area contributed by atoms with Crippen molar-refractivity contribution >= 4 is 71.0 Å². The fraction of sp³-hybridized carbons (Fsp3) is 0.160. The van der Waals surface area contributed by atoms with Gasteiger partial charge in [-0.25, -0.2) is 0 Å². The van der Waals surface area contributed by atoms with E-state index in [1.54, 1.807) is 5.57 Å².